The number of hydrogen-bond donors (Lipinski definition) is 1. The van der Waals surface area contributed by atoms with E-state index in [9.17, 15) is 0 Å². The van der Waals surface area contributed by atoms with Crippen molar-refractivity contribution in [1.29, 1.82) is 0 Å². The van der Waals surface area contributed by atoms with Crippen LogP contribution in [0, 0.1) is 0 Å². The average molecular weight is 304 g/mol. The lowest BCUT2D eigenvalue weighted by atomic mass is 9.89. The highest BCUT2D eigenvalue weighted by molar-refractivity contribution is 5.47. The largest absolute Gasteiger partial charge is 0.493 e. The molecular formula is C18H28N2O2. The number of hydrogen-bond acceptors (Lipinski definition) is 4. The number of piperidine rings is 1. The van der Waals surface area contributed by atoms with Crippen molar-refractivity contribution in [2.24, 2.45) is 5.73 Å². The quantitative estimate of drug-likeness (QED) is 0.908. The number of benzene rings is 1. The lowest BCUT2D eigenvalue weighted by Gasteiger charge is -2.30. The van der Waals surface area contributed by atoms with Gasteiger partial charge in [-0.15, -0.1) is 0 Å². The molecule has 0 aromatic heterocycles. The topological polar surface area (TPSA) is 47.7 Å². The Morgan fingerprint density at radius 3 is 2.45 bits per heavy atom. The summed E-state index contributed by atoms with van der Waals surface area (Å²) in [6.07, 6.45) is 4.78. The molecule has 2 aliphatic rings. The summed E-state index contributed by atoms with van der Waals surface area (Å²) in [5.74, 6) is 1.70. The molecule has 1 aliphatic heterocycles. The fourth-order valence-corrected chi connectivity index (χ4v) is 3.50. The number of nitrogens with two attached hydrogens (primary N) is 1. The summed E-state index contributed by atoms with van der Waals surface area (Å²) in [4.78, 5) is 2.35. The maximum Gasteiger partial charge on any atom is 0.161 e. The summed E-state index contributed by atoms with van der Waals surface area (Å²) in [5.41, 5.74) is 7.62. The molecule has 1 unspecified atom stereocenters. The van der Waals surface area contributed by atoms with Gasteiger partial charge >= 0.3 is 0 Å². The molecule has 1 aromatic carbocycles. The van der Waals surface area contributed by atoms with Gasteiger partial charge in [-0.3, -0.25) is 0 Å². The second-order valence-corrected chi connectivity index (χ2v) is 6.93. The number of nitrogens with zero attached hydrogens (tertiary/aromatic N) is 1. The SMILES string of the molecule is COc1cc(C2(C(C)N)CC2)ccc1OC1CCN(C)CC1. The van der Waals surface area contributed by atoms with Crippen molar-refractivity contribution in [3.05, 3.63) is 23.8 Å². The Morgan fingerprint density at radius 1 is 1.23 bits per heavy atom. The van der Waals surface area contributed by atoms with Crippen molar-refractivity contribution in [2.45, 2.75) is 50.2 Å². The van der Waals surface area contributed by atoms with E-state index in [0.717, 1.165) is 37.4 Å². The van der Waals surface area contributed by atoms with E-state index in [1.165, 1.54) is 18.4 Å². The molecule has 0 radical (unpaired) electrons. The third-order valence-electron chi connectivity index (χ3n) is 5.36. The predicted octanol–water partition coefficient (Wildman–Crippen LogP) is 2.55. The molecule has 1 saturated heterocycles. The second-order valence-electron chi connectivity index (χ2n) is 6.93. The second kappa shape index (κ2) is 6.09. The van der Waals surface area contributed by atoms with Gasteiger partial charge in [-0.1, -0.05) is 6.07 Å². The van der Waals surface area contributed by atoms with E-state index in [2.05, 4.69) is 37.1 Å². The van der Waals surface area contributed by atoms with Crippen LogP contribution >= 0.6 is 0 Å². The van der Waals surface area contributed by atoms with Gasteiger partial charge in [0, 0.05) is 24.5 Å². The first-order chi connectivity index (χ1) is 10.5. The van der Waals surface area contributed by atoms with Gasteiger partial charge in [0.2, 0.25) is 0 Å². The summed E-state index contributed by atoms with van der Waals surface area (Å²) in [5, 5.41) is 0. The van der Waals surface area contributed by atoms with E-state index in [1.54, 1.807) is 7.11 Å². The van der Waals surface area contributed by atoms with E-state index in [-0.39, 0.29) is 11.5 Å². The van der Waals surface area contributed by atoms with Crippen LogP contribution in [0.2, 0.25) is 0 Å². The highest BCUT2D eigenvalue weighted by atomic mass is 16.5. The van der Waals surface area contributed by atoms with Gasteiger partial charge in [0.05, 0.1) is 7.11 Å². The third kappa shape index (κ3) is 2.95. The van der Waals surface area contributed by atoms with Crippen LogP contribution in [0.1, 0.15) is 38.2 Å². The molecule has 4 nitrogen and oxygen atoms in total. The molecule has 0 amide bonds. The van der Waals surface area contributed by atoms with Crippen LogP contribution in [0.5, 0.6) is 11.5 Å². The highest BCUT2D eigenvalue weighted by Crippen LogP contribution is 2.51. The lowest BCUT2D eigenvalue weighted by Crippen LogP contribution is -2.35. The standard InChI is InChI=1S/C18H28N2O2/c1-13(19)18(8-9-18)14-4-5-16(17(12-14)21-3)22-15-6-10-20(2)11-7-15/h4-5,12-13,15H,6-11,19H2,1-3H3. The van der Waals surface area contributed by atoms with Gasteiger partial charge in [-0.25, -0.2) is 0 Å². The van der Waals surface area contributed by atoms with Gasteiger partial charge in [0.15, 0.2) is 11.5 Å². The number of rotatable bonds is 5. The average Bonchev–Trinajstić information content (AvgIpc) is 3.32. The molecule has 1 aromatic rings. The minimum Gasteiger partial charge on any atom is -0.493 e. The normalized spacial score (nSPS) is 23.1. The fraction of sp³-hybridized carbons (Fsp3) is 0.667. The van der Waals surface area contributed by atoms with Crippen molar-refractivity contribution < 1.29 is 9.47 Å². The summed E-state index contributed by atoms with van der Waals surface area (Å²) in [6, 6.07) is 6.54. The van der Waals surface area contributed by atoms with Crippen LogP contribution in [0.3, 0.4) is 0 Å². The summed E-state index contributed by atoms with van der Waals surface area (Å²) in [7, 11) is 3.88. The van der Waals surface area contributed by atoms with Gasteiger partial charge < -0.3 is 20.1 Å². The molecule has 0 spiro atoms. The molecule has 1 heterocycles. The molecule has 22 heavy (non-hydrogen) atoms. The molecular weight excluding hydrogens is 276 g/mol. The first-order valence-electron chi connectivity index (χ1n) is 8.34. The molecule has 1 atom stereocenters. The maximum atomic E-state index is 6.19. The minimum absolute atomic E-state index is 0.152. The van der Waals surface area contributed by atoms with Crippen molar-refractivity contribution in [3.8, 4) is 11.5 Å². The molecule has 122 valence electrons. The zero-order valence-corrected chi connectivity index (χ0v) is 14.0. The molecule has 4 heteroatoms. The Kier molecular flexibility index (Phi) is 4.33. The Balaban J connectivity index is 1.75. The zero-order valence-electron chi connectivity index (χ0n) is 14.0. The minimum atomic E-state index is 0.152. The van der Waals surface area contributed by atoms with Crippen LogP contribution in [0.4, 0.5) is 0 Å². The maximum absolute atomic E-state index is 6.19. The first-order valence-corrected chi connectivity index (χ1v) is 8.34. The van der Waals surface area contributed by atoms with E-state index in [1.807, 2.05) is 0 Å². The first kappa shape index (κ1) is 15.6. The Hall–Kier alpha value is -1.26. The van der Waals surface area contributed by atoms with Crippen molar-refractivity contribution in [1.82, 2.24) is 4.90 Å². The number of methoxy groups -OCH3 is 1. The van der Waals surface area contributed by atoms with Crippen LogP contribution in [-0.4, -0.2) is 44.3 Å². The van der Waals surface area contributed by atoms with E-state index in [0.29, 0.717) is 6.10 Å². The van der Waals surface area contributed by atoms with Crippen LogP contribution in [0.25, 0.3) is 0 Å². The Bertz CT molecular complexity index is 518. The smallest absolute Gasteiger partial charge is 0.161 e. The van der Waals surface area contributed by atoms with Crippen molar-refractivity contribution in [2.75, 3.05) is 27.2 Å². The van der Waals surface area contributed by atoms with Gasteiger partial charge in [0.1, 0.15) is 6.10 Å². The van der Waals surface area contributed by atoms with Crippen LogP contribution in [0.15, 0.2) is 18.2 Å². The van der Waals surface area contributed by atoms with Gasteiger partial charge in [0.25, 0.3) is 0 Å². The zero-order chi connectivity index (χ0) is 15.7. The molecule has 2 N–H and O–H groups in total. The molecule has 1 saturated carbocycles. The molecule has 1 aliphatic carbocycles. The monoisotopic (exact) mass is 304 g/mol. The van der Waals surface area contributed by atoms with E-state index < -0.39 is 0 Å². The fourth-order valence-electron chi connectivity index (χ4n) is 3.50. The lowest BCUT2D eigenvalue weighted by molar-refractivity contribution is 0.111. The summed E-state index contributed by atoms with van der Waals surface area (Å²) < 4.78 is 11.8. The Labute approximate surface area is 133 Å². The summed E-state index contributed by atoms with van der Waals surface area (Å²) in [6.45, 7) is 4.29. The van der Waals surface area contributed by atoms with Crippen LogP contribution < -0.4 is 15.2 Å². The van der Waals surface area contributed by atoms with E-state index in [4.69, 9.17) is 15.2 Å². The van der Waals surface area contributed by atoms with Crippen molar-refractivity contribution in [3.63, 3.8) is 0 Å². The van der Waals surface area contributed by atoms with E-state index >= 15 is 0 Å². The summed E-state index contributed by atoms with van der Waals surface area (Å²) >= 11 is 0. The highest BCUT2D eigenvalue weighted by Gasteiger charge is 2.47. The number of likely N-dealkylation sites (tertiary alicyclic amines) is 1. The molecule has 3 rings (SSSR count). The Morgan fingerprint density at radius 2 is 1.91 bits per heavy atom. The third-order valence-corrected chi connectivity index (χ3v) is 5.36. The molecule has 2 fully saturated rings. The van der Waals surface area contributed by atoms with Gasteiger partial charge in [-0.2, -0.15) is 0 Å². The molecule has 0 bridgehead atoms. The van der Waals surface area contributed by atoms with Crippen LogP contribution in [-0.2, 0) is 5.41 Å². The predicted molar refractivity (Wildman–Crippen MR) is 88.7 cm³/mol. The van der Waals surface area contributed by atoms with Gasteiger partial charge in [-0.05, 0) is 57.4 Å². The van der Waals surface area contributed by atoms with Crippen molar-refractivity contribution >= 4 is 0 Å². The number of ether oxygens (including phenoxy) is 2.